The average Bonchev–Trinajstić information content (AvgIpc) is 2.88. The lowest BCUT2D eigenvalue weighted by molar-refractivity contribution is -0.170. The molecule has 2 unspecified atom stereocenters. The molecule has 0 bridgehead atoms. The molecule has 2 heterocycles. The second kappa shape index (κ2) is 11.1. The number of piperidine rings is 1. The maximum atomic E-state index is 13.6. The van der Waals surface area contributed by atoms with Gasteiger partial charge < -0.3 is 10.1 Å². The van der Waals surface area contributed by atoms with E-state index in [-0.39, 0.29) is 35.8 Å². The molecule has 4 rings (SSSR count). The van der Waals surface area contributed by atoms with E-state index in [4.69, 9.17) is 4.74 Å². The van der Waals surface area contributed by atoms with Crippen molar-refractivity contribution < 1.29 is 31.5 Å². The number of alkyl halides is 3. The number of halogens is 5. The highest BCUT2D eigenvalue weighted by Crippen LogP contribution is 2.37. The Hall–Kier alpha value is -2.52. The fraction of sp³-hybridized carbons (Fsp3) is 0.536. The van der Waals surface area contributed by atoms with Crippen molar-refractivity contribution >= 4 is 5.91 Å². The molecule has 2 aliphatic rings. The highest BCUT2D eigenvalue weighted by molar-refractivity contribution is 5.85. The van der Waals surface area contributed by atoms with Crippen LogP contribution in [0.15, 0.2) is 42.5 Å². The van der Waals surface area contributed by atoms with Gasteiger partial charge in [0.05, 0.1) is 12.2 Å². The van der Waals surface area contributed by atoms with Gasteiger partial charge in [0.25, 0.3) is 5.91 Å². The summed E-state index contributed by atoms with van der Waals surface area (Å²) < 4.78 is 72.2. The summed E-state index contributed by atoms with van der Waals surface area (Å²) in [5, 5.41) is 2.72. The minimum atomic E-state index is -4.81. The molecule has 0 spiro atoms. The molecule has 0 saturated carbocycles. The first kappa shape index (κ1) is 27.5. The molecule has 202 valence electrons. The molecule has 1 amide bonds. The summed E-state index contributed by atoms with van der Waals surface area (Å²) in [4.78, 5) is 15.6. The van der Waals surface area contributed by atoms with Gasteiger partial charge in [0.2, 0.25) is 0 Å². The van der Waals surface area contributed by atoms with Gasteiger partial charge in [-0.15, -0.1) is 0 Å². The van der Waals surface area contributed by atoms with Crippen LogP contribution in [-0.4, -0.2) is 42.1 Å². The van der Waals surface area contributed by atoms with E-state index in [2.05, 4.69) is 10.2 Å². The Balaban J connectivity index is 1.33. The van der Waals surface area contributed by atoms with Crippen LogP contribution in [0.3, 0.4) is 0 Å². The summed E-state index contributed by atoms with van der Waals surface area (Å²) >= 11 is 0. The van der Waals surface area contributed by atoms with Crippen molar-refractivity contribution in [1.82, 2.24) is 10.2 Å². The maximum Gasteiger partial charge on any atom is 0.419 e. The molecular formula is C28H33F5N2O2. The highest BCUT2D eigenvalue weighted by atomic mass is 19.4. The zero-order valence-corrected chi connectivity index (χ0v) is 21.1. The number of amides is 1. The van der Waals surface area contributed by atoms with Crippen molar-refractivity contribution in [3.8, 4) is 0 Å². The van der Waals surface area contributed by atoms with Crippen LogP contribution >= 0.6 is 0 Å². The van der Waals surface area contributed by atoms with Crippen molar-refractivity contribution in [2.24, 2.45) is 5.92 Å². The van der Waals surface area contributed by atoms with Gasteiger partial charge in [-0.05, 0) is 86.0 Å². The van der Waals surface area contributed by atoms with Crippen molar-refractivity contribution in [2.75, 3.05) is 19.7 Å². The van der Waals surface area contributed by atoms with Gasteiger partial charge in [-0.3, -0.25) is 9.69 Å². The fourth-order valence-corrected chi connectivity index (χ4v) is 5.53. The Morgan fingerprint density at radius 2 is 1.76 bits per heavy atom. The molecule has 2 aliphatic heterocycles. The van der Waals surface area contributed by atoms with Crippen molar-refractivity contribution in [3.05, 3.63) is 70.8 Å². The van der Waals surface area contributed by atoms with Crippen LogP contribution in [0, 0.1) is 17.6 Å². The predicted octanol–water partition coefficient (Wildman–Crippen LogP) is 6.05. The number of hydrogen-bond acceptors (Lipinski definition) is 3. The molecule has 2 saturated heterocycles. The molecule has 2 aromatic carbocycles. The van der Waals surface area contributed by atoms with Crippen LogP contribution in [-0.2, 0) is 22.3 Å². The summed E-state index contributed by atoms with van der Waals surface area (Å²) in [6.45, 7) is 5.82. The number of nitrogens with zero attached hydrogens (tertiary/aromatic N) is 1. The summed E-state index contributed by atoms with van der Waals surface area (Å²) in [5.41, 5.74) is -1.10. The molecule has 2 aromatic rings. The van der Waals surface area contributed by atoms with E-state index in [0.29, 0.717) is 18.9 Å². The van der Waals surface area contributed by atoms with E-state index in [1.54, 1.807) is 0 Å². The van der Waals surface area contributed by atoms with Gasteiger partial charge >= 0.3 is 6.18 Å². The summed E-state index contributed by atoms with van der Waals surface area (Å²) in [6.07, 6.45) is -1.61. The number of nitrogens with one attached hydrogen (secondary N) is 1. The molecule has 2 atom stereocenters. The molecular weight excluding hydrogens is 491 g/mol. The van der Waals surface area contributed by atoms with E-state index in [1.165, 1.54) is 18.2 Å². The van der Waals surface area contributed by atoms with Gasteiger partial charge in [-0.2, -0.15) is 13.2 Å². The molecule has 0 radical (unpaired) electrons. The van der Waals surface area contributed by atoms with Crippen LogP contribution in [0.5, 0.6) is 0 Å². The summed E-state index contributed by atoms with van der Waals surface area (Å²) in [5.74, 6) is -1.69. The van der Waals surface area contributed by atoms with E-state index in [1.807, 2.05) is 26.0 Å². The third kappa shape index (κ3) is 6.14. The predicted molar refractivity (Wildman–Crippen MR) is 130 cm³/mol. The summed E-state index contributed by atoms with van der Waals surface area (Å²) in [7, 11) is 0. The quantitative estimate of drug-likeness (QED) is 0.468. The number of hydrogen-bond donors (Lipinski definition) is 1. The SMILES string of the molecule is CC(C)C1(C(=O)NCc2ccc(F)c(C(F)(F)F)c2)CCC(N2CCC(c3ccc(F)cc3)CC2)CO1. The van der Waals surface area contributed by atoms with E-state index in [0.717, 1.165) is 50.0 Å². The van der Waals surface area contributed by atoms with E-state index >= 15 is 0 Å². The minimum absolute atomic E-state index is 0.142. The van der Waals surface area contributed by atoms with Gasteiger partial charge in [0.1, 0.15) is 17.2 Å². The Morgan fingerprint density at radius 1 is 1.08 bits per heavy atom. The molecule has 2 fully saturated rings. The molecule has 4 nitrogen and oxygen atoms in total. The van der Waals surface area contributed by atoms with Crippen LogP contribution < -0.4 is 5.32 Å². The van der Waals surface area contributed by atoms with Crippen molar-refractivity contribution in [1.29, 1.82) is 0 Å². The second-order valence-corrected chi connectivity index (χ2v) is 10.4. The van der Waals surface area contributed by atoms with Gasteiger partial charge in [-0.1, -0.05) is 32.0 Å². The molecule has 9 heteroatoms. The molecule has 1 N–H and O–H groups in total. The minimum Gasteiger partial charge on any atom is -0.363 e. The van der Waals surface area contributed by atoms with Gasteiger partial charge in [0.15, 0.2) is 0 Å². The van der Waals surface area contributed by atoms with Gasteiger partial charge in [0, 0.05) is 12.6 Å². The number of ether oxygens (including phenoxy) is 1. The first-order chi connectivity index (χ1) is 17.5. The Kier molecular flexibility index (Phi) is 8.23. The standard InChI is InChI=1S/C28H33F5N2O2/c1-18(2)27(26(36)34-16-19-3-8-25(30)24(15-19)28(31,32)33)12-9-23(17-37-27)35-13-10-21(11-14-35)20-4-6-22(29)7-5-20/h3-8,15,18,21,23H,9-14,16-17H2,1-2H3,(H,34,36). The Labute approximate surface area is 214 Å². The lowest BCUT2D eigenvalue weighted by Gasteiger charge is -2.46. The van der Waals surface area contributed by atoms with Crippen molar-refractivity contribution in [2.45, 2.75) is 69.8 Å². The lowest BCUT2D eigenvalue weighted by Crippen LogP contribution is -2.58. The van der Waals surface area contributed by atoms with E-state index < -0.39 is 23.2 Å². The van der Waals surface area contributed by atoms with Gasteiger partial charge in [-0.25, -0.2) is 8.78 Å². The van der Waals surface area contributed by atoms with E-state index in [9.17, 15) is 26.7 Å². The topological polar surface area (TPSA) is 41.6 Å². The zero-order valence-electron chi connectivity index (χ0n) is 21.1. The van der Waals surface area contributed by atoms with Crippen LogP contribution in [0.1, 0.15) is 62.1 Å². The second-order valence-electron chi connectivity index (χ2n) is 10.4. The number of benzene rings is 2. The Bertz CT molecular complexity index is 1070. The number of carbonyl (C=O) groups is 1. The normalized spacial score (nSPS) is 23.8. The number of rotatable bonds is 6. The lowest BCUT2D eigenvalue weighted by atomic mass is 9.80. The zero-order chi connectivity index (χ0) is 26.8. The monoisotopic (exact) mass is 524 g/mol. The summed E-state index contributed by atoms with van der Waals surface area (Å²) in [6, 6.07) is 9.61. The smallest absolute Gasteiger partial charge is 0.363 e. The largest absolute Gasteiger partial charge is 0.419 e. The third-order valence-corrected chi connectivity index (χ3v) is 7.88. The number of likely N-dealkylation sites (tertiary alicyclic amines) is 1. The maximum absolute atomic E-state index is 13.6. The Morgan fingerprint density at radius 3 is 2.32 bits per heavy atom. The van der Waals surface area contributed by atoms with Crippen LogP contribution in [0.4, 0.5) is 22.0 Å². The molecule has 37 heavy (non-hydrogen) atoms. The fourth-order valence-electron chi connectivity index (χ4n) is 5.53. The molecule has 0 aliphatic carbocycles. The number of carbonyl (C=O) groups excluding carboxylic acids is 1. The van der Waals surface area contributed by atoms with Crippen LogP contribution in [0.2, 0.25) is 0 Å². The average molecular weight is 525 g/mol. The first-order valence-electron chi connectivity index (χ1n) is 12.8. The third-order valence-electron chi connectivity index (χ3n) is 7.88. The van der Waals surface area contributed by atoms with Crippen LogP contribution in [0.25, 0.3) is 0 Å². The first-order valence-corrected chi connectivity index (χ1v) is 12.8. The molecule has 0 aromatic heterocycles. The highest BCUT2D eigenvalue weighted by Gasteiger charge is 2.47. The van der Waals surface area contributed by atoms with Crippen molar-refractivity contribution in [3.63, 3.8) is 0 Å².